The predicted molar refractivity (Wildman–Crippen MR) is 104 cm³/mol. The lowest BCUT2D eigenvalue weighted by Gasteiger charge is -2.19. The largest absolute Gasteiger partial charge is 0.357 e. The normalized spacial score (nSPS) is 19.3. The van der Waals surface area contributed by atoms with E-state index in [1.165, 1.54) is 6.07 Å². The molecule has 0 aliphatic heterocycles. The summed E-state index contributed by atoms with van der Waals surface area (Å²) in [6.45, 7) is 3.63. The molecule has 0 spiro atoms. The molecule has 0 bridgehead atoms. The van der Waals surface area contributed by atoms with Gasteiger partial charge in [-0.2, -0.15) is 0 Å². The van der Waals surface area contributed by atoms with Gasteiger partial charge in [0.1, 0.15) is 5.82 Å². The van der Waals surface area contributed by atoms with Crippen molar-refractivity contribution in [3.8, 4) is 0 Å². The fourth-order valence-electron chi connectivity index (χ4n) is 2.99. The average Bonchev–Trinajstić information content (AvgIpc) is 3.14. The molecule has 0 radical (unpaired) electrons. The SMILES string of the molecule is CCNC(=NCC1(c2cccc(F)c2)CC1)NC1CC=CC1.I. The van der Waals surface area contributed by atoms with Crippen molar-refractivity contribution in [3.63, 3.8) is 0 Å². The first-order valence-corrected chi connectivity index (χ1v) is 8.18. The summed E-state index contributed by atoms with van der Waals surface area (Å²) in [5, 5.41) is 6.79. The molecular weight excluding hydrogens is 404 g/mol. The summed E-state index contributed by atoms with van der Waals surface area (Å²) >= 11 is 0. The molecule has 0 atom stereocenters. The van der Waals surface area contributed by atoms with Crippen molar-refractivity contribution >= 4 is 29.9 Å². The minimum absolute atomic E-state index is 0. The summed E-state index contributed by atoms with van der Waals surface area (Å²) in [5.74, 6) is 0.716. The Balaban J connectivity index is 0.00000192. The van der Waals surface area contributed by atoms with Crippen molar-refractivity contribution in [2.24, 2.45) is 4.99 Å². The van der Waals surface area contributed by atoms with E-state index < -0.39 is 0 Å². The van der Waals surface area contributed by atoms with Crippen LogP contribution in [0.25, 0.3) is 0 Å². The van der Waals surface area contributed by atoms with Gasteiger partial charge in [-0.15, -0.1) is 24.0 Å². The third kappa shape index (κ3) is 4.68. The van der Waals surface area contributed by atoms with Crippen LogP contribution in [-0.2, 0) is 5.41 Å². The second-order valence-electron chi connectivity index (χ2n) is 6.27. The van der Waals surface area contributed by atoms with Crippen LogP contribution in [0.5, 0.6) is 0 Å². The maximum atomic E-state index is 13.4. The highest BCUT2D eigenvalue weighted by Crippen LogP contribution is 2.48. The maximum absolute atomic E-state index is 13.4. The molecule has 0 aromatic heterocycles. The molecule has 2 aliphatic carbocycles. The highest BCUT2D eigenvalue weighted by Gasteiger charge is 2.44. The van der Waals surface area contributed by atoms with Gasteiger partial charge in [-0.05, 0) is 50.3 Å². The Hall–Kier alpha value is -1.11. The van der Waals surface area contributed by atoms with Crippen LogP contribution in [0.1, 0.15) is 38.2 Å². The van der Waals surface area contributed by atoms with Crippen LogP contribution in [0.4, 0.5) is 4.39 Å². The molecule has 1 saturated carbocycles. The molecule has 1 aromatic carbocycles. The van der Waals surface area contributed by atoms with Crippen molar-refractivity contribution in [1.29, 1.82) is 0 Å². The lowest BCUT2D eigenvalue weighted by molar-refractivity contribution is 0.611. The standard InChI is InChI=1S/C18H24FN3.HI/c1-2-20-17(22-16-8-3-4-9-16)21-13-18(10-11-18)14-6-5-7-15(19)12-14;/h3-7,12,16H,2,8-11,13H2,1H3,(H2,20,21,22);1H. The first-order chi connectivity index (χ1) is 10.7. The zero-order valence-electron chi connectivity index (χ0n) is 13.5. The summed E-state index contributed by atoms with van der Waals surface area (Å²) in [6.07, 6.45) is 8.69. The lowest BCUT2D eigenvalue weighted by atomic mass is 9.96. The Morgan fingerprint density at radius 3 is 2.65 bits per heavy atom. The highest BCUT2D eigenvalue weighted by molar-refractivity contribution is 14.0. The van der Waals surface area contributed by atoms with Crippen LogP contribution in [0.2, 0.25) is 0 Å². The number of guanidine groups is 1. The van der Waals surface area contributed by atoms with Gasteiger partial charge in [0.2, 0.25) is 0 Å². The van der Waals surface area contributed by atoms with Gasteiger partial charge in [0.15, 0.2) is 5.96 Å². The van der Waals surface area contributed by atoms with Crippen molar-refractivity contribution in [2.75, 3.05) is 13.1 Å². The molecule has 1 aromatic rings. The van der Waals surface area contributed by atoms with Gasteiger partial charge in [-0.3, -0.25) is 4.99 Å². The van der Waals surface area contributed by atoms with E-state index in [1.807, 2.05) is 6.07 Å². The number of rotatable bonds is 5. The van der Waals surface area contributed by atoms with Gasteiger partial charge >= 0.3 is 0 Å². The van der Waals surface area contributed by atoms with Crippen LogP contribution >= 0.6 is 24.0 Å². The summed E-state index contributed by atoms with van der Waals surface area (Å²) < 4.78 is 13.4. The number of benzene rings is 1. The quantitative estimate of drug-likeness (QED) is 0.324. The maximum Gasteiger partial charge on any atom is 0.191 e. The highest BCUT2D eigenvalue weighted by atomic mass is 127. The topological polar surface area (TPSA) is 36.4 Å². The zero-order valence-corrected chi connectivity index (χ0v) is 15.8. The summed E-state index contributed by atoms with van der Waals surface area (Å²) in [4.78, 5) is 4.76. The van der Waals surface area contributed by atoms with Crippen molar-refractivity contribution in [1.82, 2.24) is 10.6 Å². The van der Waals surface area contributed by atoms with Crippen LogP contribution < -0.4 is 10.6 Å². The van der Waals surface area contributed by atoms with Crippen molar-refractivity contribution in [3.05, 3.63) is 47.8 Å². The number of hydrogen-bond acceptors (Lipinski definition) is 1. The first-order valence-electron chi connectivity index (χ1n) is 8.18. The van der Waals surface area contributed by atoms with E-state index in [2.05, 4.69) is 29.7 Å². The molecular formula is C18H25FIN3. The van der Waals surface area contributed by atoms with E-state index >= 15 is 0 Å². The van der Waals surface area contributed by atoms with Crippen LogP contribution in [0.3, 0.4) is 0 Å². The van der Waals surface area contributed by atoms with E-state index in [0.717, 1.165) is 43.8 Å². The van der Waals surface area contributed by atoms with E-state index in [4.69, 9.17) is 4.99 Å². The molecule has 3 nitrogen and oxygen atoms in total. The molecule has 0 amide bonds. The Kier molecular flexibility index (Phi) is 6.44. The zero-order chi connectivity index (χ0) is 15.4. The van der Waals surface area contributed by atoms with Crippen LogP contribution in [0.15, 0.2) is 41.4 Å². The second kappa shape index (κ2) is 8.13. The smallest absolute Gasteiger partial charge is 0.191 e. The van der Waals surface area contributed by atoms with E-state index in [9.17, 15) is 4.39 Å². The Labute approximate surface area is 154 Å². The minimum Gasteiger partial charge on any atom is -0.357 e. The Bertz CT molecular complexity index is 573. The number of nitrogens with zero attached hydrogens (tertiary/aromatic N) is 1. The third-order valence-electron chi connectivity index (χ3n) is 4.52. The fraction of sp³-hybridized carbons (Fsp3) is 0.500. The Morgan fingerprint density at radius 2 is 2.04 bits per heavy atom. The molecule has 23 heavy (non-hydrogen) atoms. The van der Waals surface area contributed by atoms with Crippen molar-refractivity contribution in [2.45, 2.75) is 44.1 Å². The van der Waals surface area contributed by atoms with Crippen LogP contribution in [0, 0.1) is 5.82 Å². The van der Waals surface area contributed by atoms with Crippen LogP contribution in [-0.4, -0.2) is 25.1 Å². The lowest BCUT2D eigenvalue weighted by Crippen LogP contribution is -2.42. The van der Waals surface area contributed by atoms with Gasteiger partial charge in [0.05, 0.1) is 6.54 Å². The predicted octanol–water partition coefficient (Wildman–Crippen LogP) is 3.75. The summed E-state index contributed by atoms with van der Waals surface area (Å²) in [7, 11) is 0. The summed E-state index contributed by atoms with van der Waals surface area (Å²) in [6, 6.07) is 7.42. The van der Waals surface area contributed by atoms with Gasteiger partial charge in [-0.25, -0.2) is 4.39 Å². The van der Waals surface area contributed by atoms with Gasteiger partial charge in [-0.1, -0.05) is 24.3 Å². The summed E-state index contributed by atoms with van der Waals surface area (Å²) in [5.41, 5.74) is 1.12. The molecule has 126 valence electrons. The molecule has 3 rings (SSSR count). The molecule has 2 aliphatic rings. The van der Waals surface area contributed by atoms with E-state index in [0.29, 0.717) is 12.6 Å². The second-order valence-corrected chi connectivity index (χ2v) is 6.27. The minimum atomic E-state index is -0.158. The molecule has 0 unspecified atom stereocenters. The number of aliphatic imine (C=N–C) groups is 1. The third-order valence-corrected chi connectivity index (χ3v) is 4.52. The van der Waals surface area contributed by atoms with E-state index in [-0.39, 0.29) is 35.2 Å². The van der Waals surface area contributed by atoms with Gasteiger partial charge < -0.3 is 10.6 Å². The van der Waals surface area contributed by atoms with Crippen molar-refractivity contribution < 1.29 is 4.39 Å². The fourth-order valence-corrected chi connectivity index (χ4v) is 2.99. The number of nitrogens with one attached hydrogen (secondary N) is 2. The monoisotopic (exact) mass is 429 g/mol. The number of halogens is 2. The molecule has 2 N–H and O–H groups in total. The van der Waals surface area contributed by atoms with Gasteiger partial charge in [0.25, 0.3) is 0 Å². The molecule has 1 fully saturated rings. The molecule has 0 heterocycles. The first kappa shape index (κ1) is 18.2. The molecule has 0 saturated heterocycles. The Morgan fingerprint density at radius 1 is 1.30 bits per heavy atom. The van der Waals surface area contributed by atoms with E-state index in [1.54, 1.807) is 12.1 Å². The van der Waals surface area contributed by atoms with Gasteiger partial charge in [0, 0.05) is 18.0 Å². The average molecular weight is 429 g/mol. The number of hydrogen-bond donors (Lipinski definition) is 2. The molecule has 5 heteroatoms.